The van der Waals surface area contributed by atoms with Gasteiger partial charge in [0.1, 0.15) is 5.75 Å². The summed E-state index contributed by atoms with van der Waals surface area (Å²) >= 11 is 0. The van der Waals surface area contributed by atoms with Crippen LogP contribution in [0.1, 0.15) is 31.2 Å². The topological polar surface area (TPSA) is 29.5 Å². The van der Waals surface area contributed by atoms with Gasteiger partial charge in [0.2, 0.25) is 5.91 Å². The molecule has 2 aliphatic rings. The van der Waals surface area contributed by atoms with Crippen LogP contribution in [0.15, 0.2) is 24.3 Å². The number of rotatable bonds is 4. The van der Waals surface area contributed by atoms with Gasteiger partial charge in [0.25, 0.3) is 0 Å². The van der Waals surface area contributed by atoms with Crippen molar-refractivity contribution in [2.45, 2.75) is 32.6 Å². The second-order valence-electron chi connectivity index (χ2n) is 6.12. The van der Waals surface area contributed by atoms with Crippen molar-refractivity contribution in [2.24, 2.45) is 11.8 Å². The van der Waals surface area contributed by atoms with Crippen LogP contribution in [0.3, 0.4) is 0 Å². The molecule has 20 heavy (non-hydrogen) atoms. The van der Waals surface area contributed by atoms with Gasteiger partial charge in [-0.05, 0) is 50.2 Å². The predicted molar refractivity (Wildman–Crippen MR) is 78.7 cm³/mol. The molecule has 0 spiro atoms. The van der Waals surface area contributed by atoms with Crippen LogP contribution in [0.4, 0.5) is 0 Å². The number of hydrogen-bond donors (Lipinski definition) is 0. The quantitative estimate of drug-likeness (QED) is 0.844. The fourth-order valence-corrected chi connectivity index (χ4v) is 2.83. The lowest BCUT2D eigenvalue weighted by Gasteiger charge is -2.32. The molecular weight excluding hydrogens is 250 g/mol. The number of carbonyl (C=O) groups is 1. The van der Waals surface area contributed by atoms with Crippen molar-refractivity contribution in [3.05, 3.63) is 29.8 Å². The van der Waals surface area contributed by atoms with E-state index in [0.717, 1.165) is 51.1 Å². The van der Waals surface area contributed by atoms with Crippen molar-refractivity contribution in [1.29, 1.82) is 0 Å². The first-order valence-corrected chi connectivity index (χ1v) is 7.71. The van der Waals surface area contributed by atoms with Crippen molar-refractivity contribution in [3.63, 3.8) is 0 Å². The Bertz CT molecular complexity index is 474. The zero-order valence-corrected chi connectivity index (χ0v) is 12.2. The molecule has 0 aromatic heterocycles. The number of piperidine rings is 1. The lowest BCUT2D eigenvalue weighted by molar-refractivity contribution is -0.134. The van der Waals surface area contributed by atoms with E-state index in [4.69, 9.17) is 4.74 Å². The van der Waals surface area contributed by atoms with Crippen LogP contribution in [-0.2, 0) is 4.79 Å². The minimum atomic E-state index is 0.356. The van der Waals surface area contributed by atoms with E-state index in [1.54, 1.807) is 0 Å². The maximum Gasteiger partial charge on any atom is 0.225 e. The third kappa shape index (κ3) is 3.14. The molecule has 0 radical (unpaired) electrons. The van der Waals surface area contributed by atoms with Crippen LogP contribution in [0.2, 0.25) is 0 Å². The van der Waals surface area contributed by atoms with Gasteiger partial charge in [-0.2, -0.15) is 0 Å². The normalized spacial score (nSPS) is 19.9. The highest BCUT2D eigenvalue weighted by Gasteiger charge is 2.34. The van der Waals surface area contributed by atoms with E-state index in [1.807, 2.05) is 18.2 Å². The number of nitrogens with zero attached hydrogens (tertiary/aromatic N) is 1. The van der Waals surface area contributed by atoms with Crippen LogP contribution < -0.4 is 4.74 Å². The summed E-state index contributed by atoms with van der Waals surface area (Å²) in [6.07, 6.45) is 4.36. The van der Waals surface area contributed by atoms with E-state index in [9.17, 15) is 4.79 Å². The number of para-hydroxylation sites is 1. The molecule has 0 N–H and O–H groups in total. The highest BCUT2D eigenvalue weighted by atomic mass is 16.5. The number of ether oxygens (including phenoxy) is 1. The molecule has 1 aromatic rings. The summed E-state index contributed by atoms with van der Waals surface area (Å²) < 4.78 is 5.93. The maximum absolute atomic E-state index is 12.0. The molecule has 0 unspecified atom stereocenters. The van der Waals surface area contributed by atoms with Crippen LogP contribution in [0, 0.1) is 18.8 Å². The average Bonchev–Trinajstić information content (AvgIpc) is 3.31. The van der Waals surface area contributed by atoms with Crippen LogP contribution in [0.25, 0.3) is 0 Å². The highest BCUT2D eigenvalue weighted by molar-refractivity contribution is 5.81. The number of benzene rings is 1. The minimum Gasteiger partial charge on any atom is -0.493 e. The number of hydrogen-bond acceptors (Lipinski definition) is 2. The molecule has 2 fully saturated rings. The molecule has 0 atom stereocenters. The van der Waals surface area contributed by atoms with Gasteiger partial charge < -0.3 is 9.64 Å². The Labute approximate surface area is 120 Å². The van der Waals surface area contributed by atoms with E-state index >= 15 is 0 Å². The molecule has 1 aliphatic carbocycles. The zero-order chi connectivity index (χ0) is 13.9. The lowest BCUT2D eigenvalue weighted by Crippen LogP contribution is -2.40. The molecule has 1 aliphatic heterocycles. The smallest absolute Gasteiger partial charge is 0.225 e. The Kier molecular flexibility index (Phi) is 3.95. The molecule has 3 rings (SSSR count). The van der Waals surface area contributed by atoms with Crippen molar-refractivity contribution in [2.75, 3.05) is 19.7 Å². The number of amides is 1. The Morgan fingerprint density at radius 2 is 1.90 bits per heavy atom. The Morgan fingerprint density at radius 1 is 1.20 bits per heavy atom. The monoisotopic (exact) mass is 273 g/mol. The SMILES string of the molecule is Cc1ccccc1OCC1CCN(C(=O)C2CC2)CC1. The predicted octanol–water partition coefficient (Wildman–Crippen LogP) is 3.02. The average molecular weight is 273 g/mol. The lowest BCUT2D eigenvalue weighted by atomic mass is 9.97. The third-order valence-electron chi connectivity index (χ3n) is 4.42. The highest BCUT2D eigenvalue weighted by Crippen LogP contribution is 2.32. The molecule has 1 amide bonds. The van der Waals surface area contributed by atoms with Gasteiger partial charge in [0.15, 0.2) is 0 Å². The standard InChI is InChI=1S/C17H23NO2/c1-13-4-2-3-5-16(13)20-12-14-8-10-18(11-9-14)17(19)15-6-7-15/h2-5,14-15H,6-12H2,1H3. The van der Waals surface area contributed by atoms with Gasteiger partial charge in [-0.25, -0.2) is 0 Å². The minimum absolute atomic E-state index is 0.356. The molecule has 1 heterocycles. The number of likely N-dealkylation sites (tertiary alicyclic amines) is 1. The third-order valence-corrected chi connectivity index (χ3v) is 4.42. The van der Waals surface area contributed by atoms with E-state index in [2.05, 4.69) is 17.9 Å². The second kappa shape index (κ2) is 5.86. The van der Waals surface area contributed by atoms with Crippen molar-refractivity contribution >= 4 is 5.91 Å². The summed E-state index contributed by atoms with van der Waals surface area (Å²) in [5, 5.41) is 0. The summed E-state index contributed by atoms with van der Waals surface area (Å²) in [6.45, 7) is 4.68. The number of carbonyl (C=O) groups excluding carboxylic acids is 1. The Balaban J connectivity index is 1.44. The first-order valence-electron chi connectivity index (χ1n) is 7.71. The molecule has 3 heteroatoms. The largest absolute Gasteiger partial charge is 0.493 e. The Morgan fingerprint density at radius 3 is 2.55 bits per heavy atom. The van der Waals surface area contributed by atoms with Crippen LogP contribution in [-0.4, -0.2) is 30.5 Å². The van der Waals surface area contributed by atoms with Crippen molar-refractivity contribution in [1.82, 2.24) is 4.90 Å². The molecule has 108 valence electrons. The van der Waals surface area contributed by atoms with E-state index in [-0.39, 0.29) is 0 Å². The second-order valence-corrected chi connectivity index (χ2v) is 6.12. The number of aryl methyl sites for hydroxylation is 1. The summed E-state index contributed by atoms with van der Waals surface area (Å²) in [5.74, 6) is 2.32. The van der Waals surface area contributed by atoms with Crippen LogP contribution in [0.5, 0.6) is 5.75 Å². The van der Waals surface area contributed by atoms with Gasteiger partial charge in [-0.3, -0.25) is 4.79 Å². The summed E-state index contributed by atoms with van der Waals surface area (Å²) in [7, 11) is 0. The molecule has 1 saturated heterocycles. The van der Waals surface area contributed by atoms with Gasteiger partial charge in [0, 0.05) is 19.0 Å². The van der Waals surface area contributed by atoms with E-state index < -0.39 is 0 Å². The maximum atomic E-state index is 12.0. The van der Waals surface area contributed by atoms with E-state index in [0.29, 0.717) is 17.7 Å². The first kappa shape index (κ1) is 13.5. The van der Waals surface area contributed by atoms with Gasteiger partial charge in [0.05, 0.1) is 6.61 Å². The zero-order valence-electron chi connectivity index (χ0n) is 12.2. The van der Waals surface area contributed by atoms with Gasteiger partial charge in [-0.15, -0.1) is 0 Å². The molecule has 1 saturated carbocycles. The summed E-state index contributed by atoms with van der Waals surface area (Å²) in [4.78, 5) is 14.0. The summed E-state index contributed by atoms with van der Waals surface area (Å²) in [6, 6.07) is 8.15. The van der Waals surface area contributed by atoms with E-state index in [1.165, 1.54) is 5.56 Å². The molecule has 3 nitrogen and oxygen atoms in total. The first-order chi connectivity index (χ1) is 9.74. The molecule has 0 bridgehead atoms. The van der Waals surface area contributed by atoms with Gasteiger partial charge >= 0.3 is 0 Å². The van der Waals surface area contributed by atoms with Gasteiger partial charge in [-0.1, -0.05) is 18.2 Å². The van der Waals surface area contributed by atoms with Crippen molar-refractivity contribution < 1.29 is 9.53 Å². The summed E-state index contributed by atoms with van der Waals surface area (Å²) in [5.41, 5.74) is 1.19. The van der Waals surface area contributed by atoms with Crippen LogP contribution >= 0.6 is 0 Å². The Hall–Kier alpha value is -1.51. The molecular formula is C17H23NO2. The van der Waals surface area contributed by atoms with Crippen molar-refractivity contribution in [3.8, 4) is 5.75 Å². The fraction of sp³-hybridized carbons (Fsp3) is 0.588. The molecule has 1 aromatic carbocycles. The fourth-order valence-electron chi connectivity index (χ4n) is 2.83.